The van der Waals surface area contributed by atoms with Crippen molar-refractivity contribution in [2.45, 2.75) is 13.0 Å². The maximum absolute atomic E-state index is 13.0. The maximum atomic E-state index is 13.0. The van der Waals surface area contributed by atoms with Crippen LogP contribution in [-0.4, -0.2) is 14.5 Å². The standard InChI is InChI=1S/C15H12BrFN2O/c1-9(20)15-14(10-2-5-12(17)6-3-10)18-13-7-4-11(16)8-19(13)15/h2-9,20H,1H3. The summed E-state index contributed by atoms with van der Waals surface area (Å²) in [6.07, 6.45) is 1.18. The molecule has 0 amide bonds. The fraction of sp³-hybridized carbons (Fsp3) is 0.133. The van der Waals surface area contributed by atoms with Gasteiger partial charge < -0.3 is 5.11 Å². The first-order valence-electron chi connectivity index (χ1n) is 6.18. The van der Waals surface area contributed by atoms with Gasteiger partial charge in [-0.2, -0.15) is 0 Å². The normalized spacial score (nSPS) is 12.8. The molecule has 20 heavy (non-hydrogen) atoms. The summed E-state index contributed by atoms with van der Waals surface area (Å²) >= 11 is 3.41. The van der Waals surface area contributed by atoms with Crippen LogP contribution in [0.4, 0.5) is 4.39 Å². The van der Waals surface area contributed by atoms with Crippen LogP contribution in [-0.2, 0) is 0 Å². The van der Waals surface area contributed by atoms with Gasteiger partial charge in [-0.1, -0.05) is 0 Å². The summed E-state index contributed by atoms with van der Waals surface area (Å²) in [5.74, 6) is -0.293. The quantitative estimate of drug-likeness (QED) is 0.770. The van der Waals surface area contributed by atoms with Gasteiger partial charge in [0, 0.05) is 16.2 Å². The lowest BCUT2D eigenvalue weighted by atomic mass is 10.1. The van der Waals surface area contributed by atoms with E-state index in [1.807, 2.05) is 22.7 Å². The average Bonchev–Trinajstić information content (AvgIpc) is 2.78. The summed E-state index contributed by atoms with van der Waals surface area (Å²) in [7, 11) is 0. The molecule has 0 aliphatic heterocycles. The molecule has 0 fully saturated rings. The number of hydrogen-bond acceptors (Lipinski definition) is 2. The molecule has 0 bridgehead atoms. The number of pyridine rings is 1. The fourth-order valence-corrected chi connectivity index (χ4v) is 2.59. The molecule has 0 spiro atoms. The van der Waals surface area contributed by atoms with Gasteiger partial charge in [-0.25, -0.2) is 9.37 Å². The van der Waals surface area contributed by atoms with Crippen LogP contribution in [0.3, 0.4) is 0 Å². The van der Waals surface area contributed by atoms with E-state index in [0.29, 0.717) is 11.4 Å². The molecule has 1 N–H and O–H groups in total. The van der Waals surface area contributed by atoms with Crippen LogP contribution in [0.25, 0.3) is 16.9 Å². The van der Waals surface area contributed by atoms with E-state index in [1.165, 1.54) is 12.1 Å². The van der Waals surface area contributed by atoms with E-state index in [2.05, 4.69) is 20.9 Å². The van der Waals surface area contributed by atoms with E-state index >= 15 is 0 Å². The van der Waals surface area contributed by atoms with Crippen molar-refractivity contribution in [1.82, 2.24) is 9.38 Å². The second-order valence-electron chi connectivity index (χ2n) is 4.60. The average molecular weight is 335 g/mol. The highest BCUT2D eigenvalue weighted by molar-refractivity contribution is 9.10. The number of halogens is 2. The predicted molar refractivity (Wildman–Crippen MR) is 78.9 cm³/mol. The summed E-state index contributed by atoms with van der Waals surface area (Å²) in [5.41, 5.74) is 2.87. The van der Waals surface area contributed by atoms with Crippen LogP contribution in [0.15, 0.2) is 47.1 Å². The summed E-state index contributed by atoms with van der Waals surface area (Å²) < 4.78 is 15.8. The Balaban J connectivity index is 2.29. The SMILES string of the molecule is CC(O)c1c(-c2ccc(F)cc2)nc2ccc(Br)cn12. The van der Waals surface area contributed by atoms with Crippen molar-refractivity contribution < 1.29 is 9.50 Å². The lowest BCUT2D eigenvalue weighted by Gasteiger charge is -2.08. The van der Waals surface area contributed by atoms with Crippen LogP contribution in [0, 0.1) is 5.82 Å². The van der Waals surface area contributed by atoms with Crippen molar-refractivity contribution in [2.75, 3.05) is 0 Å². The highest BCUT2D eigenvalue weighted by Gasteiger charge is 2.18. The van der Waals surface area contributed by atoms with Crippen molar-refractivity contribution in [3.8, 4) is 11.3 Å². The number of rotatable bonds is 2. The van der Waals surface area contributed by atoms with E-state index in [0.717, 1.165) is 15.7 Å². The number of aromatic nitrogens is 2. The zero-order valence-electron chi connectivity index (χ0n) is 10.7. The topological polar surface area (TPSA) is 37.5 Å². The van der Waals surface area contributed by atoms with Crippen LogP contribution >= 0.6 is 15.9 Å². The molecule has 102 valence electrons. The molecule has 0 aliphatic carbocycles. The van der Waals surface area contributed by atoms with Gasteiger partial charge in [0.2, 0.25) is 0 Å². The smallest absolute Gasteiger partial charge is 0.137 e. The molecule has 0 saturated heterocycles. The van der Waals surface area contributed by atoms with Crippen LogP contribution in [0.1, 0.15) is 18.7 Å². The Bertz CT molecular complexity index is 765. The predicted octanol–water partition coefficient (Wildman–Crippen LogP) is 3.96. The molecule has 0 aliphatic rings. The Labute approximate surface area is 123 Å². The minimum absolute atomic E-state index is 0.293. The minimum atomic E-state index is -0.681. The maximum Gasteiger partial charge on any atom is 0.137 e. The minimum Gasteiger partial charge on any atom is -0.387 e. The zero-order valence-corrected chi connectivity index (χ0v) is 12.3. The van der Waals surface area contributed by atoms with E-state index in [4.69, 9.17) is 0 Å². The van der Waals surface area contributed by atoms with Crippen LogP contribution < -0.4 is 0 Å². The molecule has 3 aromatic rings. The Morgan fingerprint density at radius 3 is 2.55 bits per heavy atom. The number of benzene rings is 1. The molecule has 5 heteroatoms. The molecule has 2 heterocycles. The number of hydrogen-bond donors (Lipinski definition) is 1. The third kappa shape index (κ3) is 2.23. The second-order valence-corrected chi connectivity index (χ2v) is 5.52. The highest BCUT2D eigenvalue weighted by atomic mass is 79.9. The van der Waals surface area contributed by atoms with Crippen LogP contribution in [0.2, 0.25) is 0 Å². The molecule has 3 nitrogen and oxygen atoms in total. The highest BCUT2D eigenvalue weighted by Crippen LogP contribution is 2.30. The van der Waals surface area contributed by atoms with Crippen molar-refractivity contribution in [3.63, 3.8) is 0 Å². The van der Waals surface area contributed by atoms with E-state index in [9.17, 15) is 9.50 Å². The van der Waals surface area contributed by atoms with Gasteiger partial charge >= 0.3 is 0 Å². The van der Waals surface area contributed by atoms with Gasteiger partial charge in [0.15, 0.2) is 0 Å². The molecule has 0 radical (unpaired) electrons. The molecule has 1 unspecified atom stereocenters. The summed E-state index contributed by atoms with van der Waals surface area (Å²) in [6.45, 7) is 1.69. The second kappa shape index (κ2) is 5.00. The summed E-state index contributed by atoms with van der Waals surface area (Å²) in [5, 5.41) is 10.0. The van der Waals surface area contributed by atoms with Crippen molar-refractivity contribution in [2.24, 2.45) is 0 Å². The van der Waals surface area contributed by atoms with E-state index in [-0.39, 0.29) is 5.82 Å². The van der Waals surface area contributed by atoms with Gasteiger partial charge in [-0.15, -0.1) is 0 Å². The summed E-state index contributed by atoms with van der Waals surface area (Å²) in [4.78, 5) is 4.53. The molecule has 1 aromatic carbocycles. The van der Waals surface area contributed by atoms with Crippen LogP contribution in [0.5, 0.6) is 0 Å². The molecule has 3 rings (SSSR count). The van der Waals surface area contributed by atoms with Gasteiger partial charge in [0.25, 0.3) is 0 Å². The monoisotopic (exact) mass is 334 g/mol. The van der Waals surface area contributed by atoms with Crippen molar-refractivity contribution in [1.29, 1.82) is 0 Å². The molecule has 0 saturated carbocycles. The lowest BCUT2D eigenvalue weighted by Crippen LogP contribution is -1.99. The molecule has 2 aromatic heterocycles. The molecular formula is C15H12BrFN2O. The fourth-order valence-electron chi connectivity index (χ4n) is 2.26. The van der Waals surface area contributed by atoms with Crippen molar-refractivity contribution in [3.05, 3.63) is 58.6 Å². The Morgan fingerprint density at radius 1 is 1.20 bits per heavy atom. The molecular weight excluding hydrogens is 323 g/mol. The van der Waals surface area contributed by atoms with E-state index in [1.54, 1.807) is 19.1 Å². The Hall–Kier alpha value is -1.72. The van der Waals surface area contributed by atoms with Gasteiger partial charge in [-0.05, 0) is 59.3 Å². The first-order chi connectivity index (χ1) is 9.56. The first kappa shape index (κ1) is 13.3. The first-order valence-corrected chi connectivity index (χ1v) is 6.97. The van der Waals surface area contributed by atoms with Gasteiger partial charge in [0.1, 0.15) is 11.5 Å². The number of fused-ring (bicyclic) bond motifs is 1. The number of imidazole rings is 1. The third-order valence-electron chi connectivity index (χ3n) is 3.13. The molecule has 1 atom stereocenters. The Morgan fingerprint density at radius 2 is 1.90 bits per heavy atom. The van der Waals surface area contributed by atoms with Gasteiger partial charge in [-0.3, -0.25) is 4.40 Å². The number of aliphatic hydroxyl groups is 1. The largest absolute Gasteiger partial charge is 0.387 e. The summed E-state index contributed by atoms with van der Waals surface area (Å²) in [6, 6.07) is 9.86. The lowest BCUT2D eigenvalue weighted by molar-refractivity contribution is 0.194. The third-order valence-corrected chi connectivity index (χ3v) is 3.60. The number of aliphatic hydroxyl groups excluding tert-OH is 1. The number of nitrogens with zero attached hydrogens (tertiary/aromatic N) is 2. The van der Waals surface area contributed by atoms with E-state index < -0.39 is 6.10 Å². The zero-order chi connectivity index (χ0) is 14.3. The Kier molecular flexibility index (Phi) is 3.31. The van der Waals surface area contributed by atoms with Crippen molar-refractivity contribution >= 4 is 21.6 Å². The van der Waals surface area contributed by atoms with Gasteiger partial charge in [0.05, 0.1) is 17.5 Å².